The van der Waals surface area contributed by atoms with Crippen LogP contribution in [0, 0.1) is 0 Å². The molecule has 3 nitrogen and oxygen atoms in total. The second-order valence-corrected chi connectivity index (χ2v) is 6.47. The summed E-state index contributed by atoms with van der Waals surface area (Å²) in [4.78, 5) is 0. The Labute approximate surface area is 111 Å². The van der Waals surface area contributed by atoms with E-state index < -0.39 is 0 Å². The van der Waals surface area contributed by atoms with Gasteiger partial charge in [0.05, 0.1) is 17.8 Å². The van der Waals surface area contributed by atoms with Gasteiger partial charge in [-0.05, 0) is 25.7 Å². The van der Waals surface area contributed by atoms with E-state index in [1.165, 1.54) is 38.5 Å². The average molecular weight is 255 g/mol. The number of aliphatic hydroxyl groups excluding tert-OH is 1. The van der Waals surface area contributed by atoms with Gasteiger partial charge in [0.15, 0.2) is 0 Å². The quantitative estimate of drug-likeness (QED) is 0.793. The lowest BCUT2D eigenvalue weighted by atomic mass is 9.83. The largest absolute Gasteiger partial charge is 0.392 e. The molecular formula is C15H29NO2. The zero-order chi connectivity index (χ0) is 13.0. The summed E-state index contributed by atoms with van der Waals surface area (Å²) >= 11 is 0. The molecule has 0 radical (unpaired) electrons. The molecule has 1 saturated carbocycles. The van der Waals surface area contributed by atoms with Crippen molar-refractivity contribution in [2.24, 2.45) is 0 Å². The lowest BCUT2D eigenvalue weighted by Crippen LogP contribution is -2.35. The lowest BCUT2D eigenvalue weighted by Gasteiger charge is -2.33. The summed E-state index contributed by atoms with van der Waals surface area (Å²) < 4.78 is 6.28. The number of aliphatic hydroxyl groups is 1. The molecule has 2 N–H and O–H groups in total. The van der Waals surface area contributed by atoms with E-state index in [1.807, 2.05) is 0 Å². The average Bonchev–Trinajstić information content (AvgIpc) is 2.70. The summed E-state index contributed by atoms with van der Waals surface area (Å²) in [5.74, 6) is 0. The minimum atomic E-state index is -0.267. The summed E-state index contributed by atoms with van der Waals surface area (Å²) in [6.45, 7) is 4.90. The Morgan fingerprint density at radius 1 is 1.22 bits per heavy atom. The fraction of sp³-hybridized carbons (Fsp3) is 1.00. The van der Waals surface area contributed by atoms with Crippen LogP contribution < -0.4 is 5.32 Å². The molecule has 2 rings (SSSR count). The molecule has 3 heteroatoms. The Kier molecular flexibility index (Phi) is 5.05. The fourth-order valence-electron chi connectivity index (χ4n) is 3.38. The van der Waals surface area contributed by atoms with Crippen LogP contribution in [0.15, 0.2) is 0 Å². The Morgan fingerprint density at radius 3 is 2.61 bits per heavy atom. The van der Waals surface area contributed by atoms with E-state index in [1.54, 1.807) is 0 Å². The SMILES string of the molecule is CC(C)NCC(O)CC1CCC2(CCCCC2)O1. The minimum Gasteiger partial charge on any atom is -0.392 e. The maximum absolute atomic E-state index is 10.0. The third-order valence-electron chi connectivity index (χ3n) is 4.40. The number of ether oxygens (including phenoxy) is 1. The predicted octanol–water partition coefficient (Wildman–Crippen LogP) is 2.62. The minimum absolute atomic E-state index is 0.189. The Morgan fingerprint density at radius 2 is 1.94 bits per heavy atom. The number of rotatable bonds is 5. The molecule has 1 aliphatic carbocycles. The van der Waals surface area contributed by atoms with Gasteiger partial charge in [-0.1, -0.05) is 33.1 Å². The molecule has 0 bridgehead atoms. The molecule has 0 amide bonds. The Hall–Kier alpha value is -0.120. The van der Waals surface area contributed by atoms with Crippen LogP contribution in [0.3, 0.4) is 0 Å². The summed E-state index contributed by atoms with van der Waals surface area (Å²) in [6, 6.07) is 0.439. The summed E-state index contributed by atoms with van der Waals surface area (Å²) in [5, 5.41) is 13.3. The third kappa shape index (κ3) is 3.94. The van der Waals surface area contributed by atoms with Crippen molar-refractivity contribution in [1.29, 1.82) is 0 Å². The summed E-state index contributed by atoms with van der Waals surface area (Å²) in [7, 11) is 0. The molecule has 0 aromatic carbocycles. The normalized spacial score (nSPS) is 29.0. The second kappa shape index (κ2) is 6.36. The smallest absolute Gasteiger partial charge is 0.0689 e. The first-order chi connectivity index (χ1) is 8.60. The van der Waals surface area contributed by atoms with Crippen LogP contribution in [-0.4, -0.2) is 35.5 Å². The van der Waals surface area contributed by atoms with Crippen molar-refractivity contribution in [2.75, 3.05) is 6.54 Å². The first kappa shape index (κ1) is 14.3. The van der Waals surface area contributed by atoms with Crippen LogP contribution in [0.1, 0.15) is 65.2 Å². The van der Waals surface area contributed by atoms with Gasteiger partial charge in [0.25, 0.3) is 0 Å². The maximum Gasteiger partial charge on any atom is 0.0689 e. The van der Waals surface area contributed by atoms with Gasteiger partial charge in [-0.15, -0.1) is 0 Å². The Bertz CT molecular complexity index is 249. The van der Waals surface area contributed by atoms with Gasteiger partial charge < -0.3 is 15.2 Å². The van der Waals surface area contributed by atoms with E-state index in [2.05, 4.69) is 19.2 Å². The van der Waals surface area contributed by atoms with Crippen LogP contribution in [0.2, 0.25) is 0 Å². The van der Waals surface area contributed by atoms with Crippen molar-refractivity contribution in [3.05, 3.63) is 0 Å². The van der Waals surface area contributed by atoms with Crippen molar-refractivity contribution < 1.29 is 9.84 Å². The summed E-state index contributed by atoms with van der Waals surface area (Å²) in [5.41, 5.74) is 0.189. The molecule has 106 valence electrons. The highest BCUT2D eigenvalue weighted by Gasteiger charge is 2.41. The van der Waals surface area contributed by atoms with Gasteiger partial charge >= 0.3 is 0 Å². The van der Waals surface area contributed by atoms with Crippen LogP contribution in [0.4, 0.5) is 0 Å². The molecule has 1 aliphatic heterocycles. The van der Waals surface area contributed by atoms with E-state index in [9.17, 15) is 5.11 Å². The van der Waals surface area contributed by atoms with Crippen molar-refractivity contribution in [3.63, 3.8) is 0 Å². The molecule has 2 fully saturated rings. The standard InChI is InChI=1S/C15H29NO2/c1-12(2)16-11-13(17)10-14-6-9-15(18-14)7-4-3-5-8-15/h12-14,16-17H,3-11H2,1-2H3. The molecule has 1 spiro atoms. The first-order valence-electron chi connectivity index (χ1n) is 7.69. The highest BCUT2D eigenvalue weighted by Crippen LogP contribution is 2.42. The zero-order valence-corrected chi connectivity index (χ0v) is 12.0. The maximum atomic E-state index is 10.0. The topological polar surface area (TPSA) is 41.5 Å². The van der Waals surface area contributed by atoms with Gasteiger partial charge in [-0.3, -0.25) is 0 Å². The Balaban J connectivity index is 1.71. The molecule has 0 aromatic heterocycles. The molecule has 2 atom stereocenters. The molecule has 2 aliphatic rings. The van der Waals surface area contributed by atoms with E-state index in [0.717, 1.165) is 12.8 Å². The van der Waals surface area contributed by atoms with Crippen molar-refractivity contribution >= 4 is 0 Å². The molecular weight excluding hydrogens is 226 g/mol. The zero-order valence-electron chi connectivity index (χ0n) is 12.0. The van der Waals surface area contributed by atoms with Gasteiger partial charge in [-0.2, -0.15) is 0 Å². The van der Waals surface area contributed by atoms with Gasteiger partial charge in [0.2, 0.25) is 0 Å². The van der Waals surface area contributed by atoms with Crippen molar-refractivity contribution in [2.45, 2.75) is 89.1 Å². The molecule has 2 unspecified atom stereocenters. The summed E-state index contributed by atoms with van der Waals surface area (Å²) in [6.07, 6.45) is 9.66. The molecule has 1 heterocycles. The lowest BCUT2D eigenvalue weighted by molar-refractivity contribution is -0.0753. The van der Waals surface area contributed by atoms with Crippen LogP contribution in [0.5, 0.6) is 0 Å². The predicted molar refractivity (Wildman–Crippen MR) is 73.7 cm³/mol. The van der Waals surface area contributed by atoms with Crippen LogP contribution in [0.25, 0.3) is 0 Å². The number of nitrogens with one attached hydrogen (secondary N) is 1. The van der Waals surface area contributed by atoms with E-state index in [-0.39, 0.29) is 17.8 Å². The van der Waals surface area contributed by atoms with E-state index in [4.69, 9.17) is 4.74 Å². The highest BCUT2D eigenvalue weighted by molar-refractivity contribution is 4.91. The fourth-order valence-corrected chi connectivity index (χ4v) is 3.38. The number of hydrogen-bond donors (Lipinski definition) is 2. The highest BCUT2D eigenvalue weighted by atomic mass is 16.5. The molecule has 1 saturated heterocycles. The van der Waals surface area contributed by atoms with Gasteiger partial charge in [-0.25, -0.2) is 0 Å². The van der Waals surface area contributed by atoms with Gasteiger partial charge in [0.1, 0.15) is 0 Å². The second-order valence-electron chi connectivity index (χ2n) is 6.47. The van der Waals surface area contributed by atoms with E-state index in [0.29, 0.717) is 12.6 Å². The first-order valence-corrected chi connectivity index (χ1v) is 7.69. The van der Waals surface area contributed by atoms with Crippen molar-refractivity contribution in [1.82, 2.24) is 5.32 Å². The molecule has 18 heavy (non-hydrogen) atoms. The van der Waals surface area contributed by atoms with Crippen LogP contribution >= 0.6 is 0 Å². The monoisotopic (exact) mass is 255 g/mol. The third-order valence-corrected chi connectivity index (χ3v) is 4.40. The van der Waals surface area contributed by atoms with Crippen molar-refractivity contribution in [3.8, 4) is 0 Å². The number of hydrogen-bond acceptors (Lipinski definition) is 3. The van der Waals surface area contributed by atoms with Crippen LogP contribution in [-0.2, 0) is 4.74 Å². The molecule has 0 aromatic rings. The van der Waals surface area contributed by atoms with Gasteiger partial charge in [0, 0.05) is 19.0 Å². The van der Waals surface area contributed by atoms with E-state index >= 15 is 0 Å².